The van der Waals surface area contributed by atoms with E-state index in [1.165, 1.54) is 0 Å². The second-order valence-electron chi connectivity index (χ2n) is 8.59. The quantitative estimate of drug-likeness (QED) is 0.595. The van der Waals surface area contributed by atoms with Gasteiger partial charge in [0.05, 0.1) is 16.8 Å². The first-order chi connectivity index (χ1) is 16.0. The third-order valence-electron chi connectivity index (χ3n) is 5.86. The highest BCUT2D eigenvalue weighted by molar-refractivity contribution is 6.08. The number of anilines is 3. The van der Waals surface area contributed by atoms with Gasteiger partial charge in [-0.15, -0.1) is 0 Å². The van der Waals surface area contributed by atoms with Crippen LogP contribution in [0.15, 0.2) is 54.7 Å². The molecular formula is C26H31N5O2. The molecule has 1 saturated heterocycles. The van der Waals surface area contributed by atoms with Crippen LogP contribution in [0.4, 0.5) is 17.1 Å². The number of aromatic nitrogens is 1. The lowest BCUT2D eigenvalue weighted by Gasteiger charge is -2.36. The number of hydrogen-bond acceptors (Lipinski definition) is 5. The molecule has 1 aliphatic rings. The van der Waals surface area contributed by atoms with Crippen molar-refractivity contribution in [2.24, 2.45) is 0 Å². The van der Waals surface area contributed by atoms with Crippen LogP contribution in [0.25, 0.3) is 10.9 Å². The largest absolute Gasteiger partial charge is 0.368 e. The van der Waals surface area contributed by atoms with Gasteiger partial charge in [-0.2, -0.15) is 0 Å². The van der Waals surface area contributed by atoms with Crippen molar-refractivity contribution < 1.29 is 9.59 Å². The van der Waals surface area contributed by atoms with Crippen molar-refractivity contribution >= 4 is 39.8 Å². The number of carbonyl (C=O) groups is 2. The Bertz CT molecular complexity index is 1140. The van der Waals surface area contributed by atoms with Crippen molar-refractivity contribution in [1.29, 1.82) is 0 Å². The van der Waals surface area contributed by atoms with Crippen LogP contribution in [0.3, 0.4) is 0 Å². The maximum Gasteiger partial charge on any atom is 0.255 e. The van der Waals surface area contributed by atoms with E-state index in [1.807, 2.05) is 62.1 Å². The number of carbonyl (C=O) groups excluding carboxylic acids is 2. The second kappa shape index (κ2) is 9.90. The molecule has 33 heavy (non-hydrogen) atoms. The SMILES string of the molecule is CCC(=O)N1CCN(c2ccc3ncc(C(=O)NC(C)C)c(Nc4ccccc4)c3c2)CC1. The van der Waals surface area contributed by atoms with E-state index in [2.05, 4.69) is 32.7 Å². The zero-order valence-electron chi connectivity index (χ0n) is 19.5. The molecule has 172 valence electrons. The number of amides is 2. The molecule has 0 unspecified atom stereocenters. The van der Waals surface area contributed by atoms with E-state index in [0.29, 0.717) is 12.0 Å². The van der Waals surface area contributed by atoms with E-state index in [0.717, 1.165) is 54.1 Å². The van der Waals surface area contributed by atoms with E-state index in [-0.39, 0.29) is 17.9 Å². The van der Waals surface area contributed by atoms with Crippen LogP contribution in [-0.4, -0.2) is 53.9 Å². The molecule has 1 fully saturated rings. The fraction of sp³-hybridized carbons (Fsp3) is 0.346. The number of hydrogen-bond donors (Lipinski definition) is 2. The van der Waals surface area contributed by atoms with E-state index in [4.69, 9.17) is 0 Å². The summed E-state index contributed by atoms with van der Waals surface area (Å²) in [5, 5.41) is 7.33. The van der Waals surface area contributed by atoms with Crippen LogP contribution in [0.5, 0.6) is 0 Å². The topological polar surface area (TPSA) is 77.6 Å². The van der Waals surface area contributed by atoms with E-state index in [1.54, 1.807) is 6.20 Å². The fourth-order valence-electron chi connectivity index (χ4n) is 4.13. The smallest absolute Gasteiger partial charge is 0.255 e. The van der Waals surface area contributed by atoms with Gasteiger partial charge in [-0.3, -0.25) is 14.6 Å². The molecule has 4 rings (SSSR count). The lowest BCUT2D eigenvalue weighted by molar-refractivity contribution is -0.131. The van der Waals surface area contributed by atoms with Gasteiger partial charge in [0.2, 0.25) is 5.91 Å². The van der Waals surface area contributed by atoms with Crippen LogP contribution in [-0.2, 0) is 4.79 Å². The number of rotatable bonds is 6. The monoisotopic (exact) mass is 445 g/mol. The van der Waals surface area contributed by atoms with Gasteiger partial charge in [0.15, 0.2) is 0 Å². The average molecular weight is 446 g/mol. The predicted octanol–water partition coefficient (Wildman–Crippen LogP) is 4.18. The summed E-state index contributed by atoms with van der Waals surface area (Å²) in [6.07, 6.45) is 2.18. The lowest BCUT2D eigenvalue weighted by Crippen LogP contribution is -2.48. The first-order valence-corrected chi connectivity index (χ1v) is 11.5. The van der Waals surface area contributed by atoms with Crippen molar-refractivity contribution in [3.05, 3.63) is 60.3 Å². The summed E-state index contributed by atoms with van der Waals surface area (Å²) in [6, 6.07) is 16.0. The van der Waals surface area contributed by atoms with Crippen molar-refractivity contribution in [2.75, 3.05) is 36.4 Å². The molecule has 0 saturated carbocycles. The van der Waals surface area contributed by atoms with Gasteiger partial charge in [-0.25, -0.2) is 0 Å². The van der Waals surface area contributed by atoms with Crippen molar-refractivity contribution in [2.45, 2.75) is 33.2 Å². The first-order valence-electron chi connectivity index (χ1n) is 11.5. The van der Waals surface area contributed by atoms with Crippen LogP contribution < -0.4 is 15.5 Å². The molecule has 1 aromatic heterocycles. The third kappa shape index (κ3) is 5.08. The van der Waals surface area contributed by atoms with Gasteiger partial charge in [0.1, 0.15) is 0 Å². The summed E-state index contributed by atoms with van der Waals surface area (Å²) in [7, 11) is 0. The summed E-state index contributed by atoms with van der Waals surface area (Å²) in [6.45, 7) is 8.78. The Morgan fingerprint density at radius 2 is 1.76 bits per heavy atom. The summed E-state index contributed by atoms with van der Waals surface area (Å²) in [4.78, 5) is 33.8. The maximum atomic E-state index is 13.0. The Morgan fingerprint density at radius 1 is 1.03 bits per heavy atom. The lowest BCUT2D eigenvalue weighted by atomic mass is 10.1. The molecule has 7 nitrogen and oxygen atoms in total. The average Bonchev–Trinajstić information content (AvgIpc) is 2.83. The molecule has 3 aromatic rings. The number of nitrogens with zero attached hydrogens (tertiary/aromatic N) is 3. The van der Waals surface area contributed by atoms with Gasteiger partial charge < -0.3 is 20.4 Å². The minimum atomic E-state index is -0.157. The Balaban J connectivity index is 1.72. The number of piperazine rings is 1. The number of para-hydroxylation sites is 1. The minimum Gasteiger partial charge on any atom is -0.368 e. The summed E-state index contributed by atoms with van der Waals surface area (Å²) in [5.41, 5.74) is 4.03. The number of benzene rings is 2. The maximum absolute atomic E-state index is 13.0. The molecule has 0 aliphatic carbocycles. The molecule has 0 spiro atoms. The zero-order valence-corrected chi connectivity index (χ0v) is 19.5. The van der Waals surface area contributed by atoms with Crippen LogP contribution in [0.2, 0.25) is 0 Å². The Morgan fingerprint density at radius 3 is 2.42 bits per heavy atom. The number of pyridine rings is 1. The molecule has 0 atom stereocenters. The first kappa shape index (κ1) is 22.6. The Hall–Kier alpha value is -3.61. The molecule has 1 aliphatic heterocycles. The molecule has 2 N–H and O–H groups in total. The van der Waals surface area contributed by atoms with Gasteiger partial charge in [0, 0.05) is 61.6 Å². The molecular weight excluding hydrogens is 414 g/mol. The highest BCUT2D eigenvalue weighted by atomic mass is 16.2. The van der Waals surface area contributed by atoms with E-state index < -0.39 is 0 Å². The number of nitrogens with one attached hydrogen (secondary N) is 2. The standard InChI is InChI=1S/C26H31N5O2/c1-4-24(32)31-14-12-30(13-15-31)20-10-11-23-21(16-20)25(29-19-8-6-5-7-9-19)22(17-27-23)26(33)28-18(2)3/h5-11,16-18H,4,12-15H2,1-3H3,(H,27,29)(H,28,33). The second-order valence-corrected chi connectivity index (χ2v) is 8.59. The molecule has 0 radical (unpaired) electrons. The number of fused-ring (bicyclic) bond motifs is 1. The normalized spacial score (nSPS) is 13.9. The van der Waals surface area contributed by atoms with Gasteiger partial charge >= 0.3 is 0 Å². The van der Waals surface area contributed by atoms with Crippen molar-refractivity contribution in [3.63, 3.8) is 0 Å². The zero-order chi connectivity index (χ0) is 23.4. The van der Waals surface area contributed by atoms with Crippen molar-refractivity contribution in [1.82, 2.24) is 15.2 Å². The predicted molar refractivity (Wildman–Crippen MR) is 133 cm³/mol. The Kier molecular flexibility index (Phi) is 6.77. The van der Waals surface area contributed by atoms with Gasteiger partial charge in [0.25, 0.3) is 5.91 Å². The highest BCUT2D eigenvalue weighted by Gasteiger charge is 2.22. The van der Waals surface area contributed by atoms with E-state index >= 15 is 0 Å². The molecule has 2 aromatic carbocycles. The third-order valence-corrected chi connectivity index (χ3v) is 5.86. The summed E-state index contributed by atoms with van der Waals surface area (Å²) >= 11 is 0. The molecule has 7 heteroatoms. The summed E-state index contributed by atoms with van der Waals surface area (Å²) in [5.74, 6) is 0.0439. The molecule has 2 amide bonds. The molecule has 0 bridgehead atoms. The molecule has 2 heterocycles. The van der Waals surface area contributed by atoms with Gasteiger partial charge in [-0.1, -0.05) is 25.1 Å². The van der Waals surface area contributed by atoms with Crippen molar-refractivity contribution in [3.8, 4) is 0 Å². The van der Waals surface area contributed by atoms with Crippen LogP contribution in [0, 0.1) is 0 Å². The van der Waals surface area contributed by atoms with Crippen LogP contribution >= 0.6 is 0 Å². The summed E-state index contributed by atoms with van der Waals surface area (Å²) < 4.78 is 0. The van der Waals surface area contributed by atoms with Crippen LogP contribution in [0.1, 0.15) is 37.6 Å². The minimum absolute atomic E-state index is 0.0197. The fourth-order valence-corrected chi connectivity index (χ4v) is 4.13. The highest BCUT2D eigenvalue weighted by Crippen LogP contribution is 2.32. The van der Waals surface area contributed by atoms with E-state index in [9.17, 15) is 9.59 Å². The Labute approximate surface area is 194 Å². The van der Waals surface area contributed by atoms with Gasteiger partial charge in [-0.05, 0) is 44.2 Å².